The highest BCUT2D eigenvalue weighted by molar-refractivity contribution is 14.1. The molecule has 0 atom stereocenters. The van der Waals surface area contributed by atoms with Crippen LogP contribution < -0.4 is 5.32 Å². The average molecular weight is 375 g/mol. The molecule has 0 fully saturated rings. The third-order valence-corrected chi connectivity index (χ3v) is 3.27. The van der Waals surface area contributed by atoms with Crippen molar-refractivity contribution in [1.29, 1.82) is 0 Å². The van der Waals surface area contributed by atoms with Gasteiger partial charge in [0.25, 0.3) is 0 Å². The molecule has 15 heavy (non-hydrogen) atoms. The number of aromatic nitrogens is 1. The molecule has 1 N–H and O–H groups in total. The van der Waals surface area contributed by atoms with Crippen LogP contribution in [0.1, 0.15) is 0 Å². The predicted molar refractivity (Wildman–Crippen MR) is 74.4 cm³/mol. The Kier molecular flexibility index (Phi) is 3.58. The number of hydrogen-bond acceptors (Lipinski definition) is 2. The molecule has 1 heterocycles. The number of halogens is 2. The molecule has 0 aliphatic carbocycles. The Bertz CT molecular complexity index is 456. The van der Waals surface area contributed by atoms with Gasteiger partial charge in [0, 0.05) is 14.2 Å². The van der Waals surface area contributed by atoms with Crippen LogP contribution in [0.15, 0.2) is 47.1 Å². The predicted octanol–water partition coefficient (Wildman–Crippen LogP) is 4.19. The van der Waals surface area contributed by atoms with Crippen molar-refractivity contribution in [2.75, 3.05) is 5.32 Å². The van der Waals surface area contributed by atoms with Gasteiger partial charge in [-0.3, -0.25) is 0 Å². The quantitative estimate of drug-likeness (QED) is 0.797. The van der Waals surface area contributed by atoms with Crippen LogP contribution in [-0.4, -0.2) is 4.98 Å². The SMILES string of the molecule is Brc1ccc(Nc2ccccc2I)nc1. The van der Waals surface area contributed by atoms with Crippen molar-refractivity contribution in [2.45, 2.75) is 0 Å². The van der Waals surface area contributed by atoms with Crippen molar-refractivity contribution in [2.24, 2.45) is 0 Å². The lowest BCUT2D eigenvalue weighted by Crippen LogP contribution is -1.94. The van der Waals surface area contributed by atoms with E-state index in [9.17, 15) is 0 Å². The standard InChI is InChI=1S/C11H8BrIN2/c12-8-5-6-11(14-7-8)15-10-4-2-1-3-9(10)13/h1-7H,(H,14,15). The van der Waals surface area contributed by atoms with Crippen molar-refractivity contribution in [3.63, 3.8) is 0 Å². The molecule has 1 aromatic carbocycles. The Morgan fingerprint density at radius 1 is 1.13 bits per heavy atom. The molecule has 0 amide bonds. The van der Waals surface area contributed by atoms with Gasteiger partial charge in [-0.2, -0.15) is 0 Å². The van der Waals surface area contributed by atoms with Gasteiger partial charge in [-0.25, -0.2) is 4.98 Å². The maximum Gasteiger partial charge on any atom is 0.130 e. The molecular weight excluding hydrogens is 367 g/mol. The van der Waals surface area contributed by atoms with Gasteiger partial charge in [-0.05, 0) is 62.8 Å². The van der Waals surface area contributed by atoms with Crippen molar-refractivity contribution in [3.8, 4) is 0 Å². The van der Waals surface area contributed by atoms with E-state index in [1.807, 2.05) is 30.3 Å². The van der Waals surface area contributed by atoms with Crippen LogP contribution in [0.3, 0.4) is 0 Å². The number of nitrogens with one attached hydrogen (secondary N) is 1. The Labute approximate surface area is 110 Å². The summed E-state index contributed by atoms with van der Waals surface area (Å²) in [5.74, 6) is 0.849. The third kappa shape index (κ3) is 2.92. The third-order valence-electron chi connectivity index (χ3n) is 1.86. The van der Waals surface area contributed by atoms with Crippen molar-refractivity contribution in [3.05, 3.63) is 50.6 Å². The first-order valence-electron chi connectivity index (χ1n) is 4.39. The Balaban J connectivity index is 2.22. The van der Waals surface area contributed by atoms with E-state index < -0.39 is 0 Å². The van der Waals surface area contributed by atoms with Gasteiger partial charge < -0.3 is 5.32 Å². The van der Waals surface area contributed by atoms with Gasteiger partial charge in [0.15, 0.2) is 0 Å². The number of benzene rings is 1. The van der Waals surface area contributed by atoms with Crippen molar-refractivity contribution < 1.29 is 0 Å². The Hall–Kier alpha value is -0.620. The summed E-state index contributed by atoms with van der Waals surface area (Å²) in [6.45, 7) is 0. The van der Waals surface area contributed by atoms with E-state index in [1.165, 1.54) is 3.57 Å². The van der Waals surface area contributed by atoms with Gasteiger partial charge >= 0.3 is 0 Å². The van der Waals surface area contributed by atoms with Crippen LogP contribution >= 0.6 is 38.5 Å². The van der Waals surface area contributed by atoms with Gasteiger partial charge in [-0.1, -0.05) is 12.1 Å². The zero-order valence-corrected chi connectivity index (χ0v) is 11.5. The Morgan fingerprint density at radius 3 is 2.60 bits per heavy atom. The molecule has 1 aromatic heterocycles. The van der Waals surface area contributed by atoms with Gasteiger partial charge in [0.05, 0.1) is 5.69 Å². The number of para-hydroxylation sites is 1. The summed E-state index contributed by atoms with van der Waals surface area (Å²) >= 11 is 5.65. The number of rotatable bonds is 2. The summed E-state index contributed by atoms with van der Waals surface area (Å²) in [6.07, 6.45) is 1.78. The number of hydrogen-bond donors (Lipinski definition) is 1. The molecule has 0 bridgehead atoms. The van der Waals surface area contributed by atoms with Gasteiger partial charge in [0.2, 0.25) is 0 Å². The molecule has 0 aliphatic heterocycles. The van der Waals surface area contributed by atoms with Crippen LogP contribution in [0.2, 0.25) is 0 Å². The van der Waals surface area contributed by atoms with E-state index in [0.717, 1.165) is 16.0 Å². The van der Waals surface area contributed by atoms with Crippen LogP contribution in [0.5, 0.6) is 0 Å². The fourth-order valence-electron chi connectivity index (χ4n) is 1.15. The molecule has 2 nitrogen and oxygen atoms in total. The van der Waals surface area contributed by atoms with E-state index in [-0.39, 0.29) is 0 Å². The van der Waals surface area contributed by atoms with Gasteiger partial charge in [0.1, 0.15) is 5.82 Å². The first-order valence-corrected chi connectivity index (χ1v) is 6.26. The molecule has 0 radical (unpaired) electrons. The molecule has 2 aromatic rings. The fraction of sp³-hybridized carbons (Fsp3) is 0. The van der Waals surface area contributed by atoms with E-state index in [2.05, 4.69) is 54.9 Å². The fourth-order valence-corrected chi connectivity index (χ4v) is 1.91. The van der Waals surface area contributed by atoms with Crippen LogP contribution in [0.4, 0.5) is 11.5 Å². The lowest BCUT2D eigenvalue weighted by atomic mass is 10.3. The highest BCUT2D eigenvalue weighted by Crippen LogP contribution is 2.21. The monoisotopic (exact) mass is 374 g/mol. The lowest BCUT2D eigenvalue weighted by molar-refractivity contribution is 1.29. The van der Waals surface area contributed by atoms with E-state index in [1.54, 1.807) is 6.20 Å². The summed E-state index contributed by atoms with van der Waals surface area (Å²) in [5.41, 5.74) is 1.08. The normalized spacial score (nSPS) is 10.0. The summed E-state index contributed by atoms with van der Waals surface area (Å²) in [4.78, 5) is 4.25. The second-order valence-electron chi connectivity index (χ2n) is 2.97. The largest absolute Gasteiger partial charge is 0.339 e. The molecule has 0 unspecified atom stereocenters. The van der Waals surface area contributed by atoms with E-state index in [4.69, 9.17) is 0 Å². The van der Waals surface area contributed by atoms with E-state index in [0.29, 0.717) is 0 Å². The van der Waals surface area contributed by atoms with E-state index >= 15 is 0 Å². The Morgan fingerprint density at radius 2 is 1.93 bits per heavy atom. The number of pyridine rings is 1. The summed E-state index contributed by atoms with van der Waals surface area (Å²) in [5, 5.41) is 3.26. The second kappa shape index (κ2) is 4.94. The zero-order valence-electron chi connectivity index (χ0n) is 7.74. The zero-order chi connectivity index (χ0) is 10.7. The maximum absolute atomic E-state index is 4.25. The molecule has 76 valence electrons. The minimum atomic E-state index is 0.849. The van der Waals surface area contributed by atoms with Crippen molar-refractivity contribution >= 4 is 50.0 Å². The summed E-state index contributed by atoms with van der Waals surface area (Å²) in [6, 6.07) is 12.0. The maximum atomic E-state index is 4.25. The summed E-state index contributed by atoms with van der Waals surface area (Å²) < 4.78 is 2.16. The minimum Gasteiger partial charge on any atom is -0.339 e. The molecule has 0 saturated heterocycles. The molecule has 2 rings (SSSR count). The average Bonchev–Trinajstić information content (AvgIpc) is 2.25. The molecule has 4 heteroatoms. The van der Waals surface area contributed by atoms with Crippen molar-refractivity contribution in [1.82, 2.24) is 4.98 Å². The molecule has 0 saturated carbocycles. The number of anilines is 2. The molecular formula is C11H8BrIN2. The highest BCUT2D eigenvalue weighted by atomic mass is 127. The smallest absolute Gasteiger partial charge is 0.130 e. The second-order valence-corrected chi connectivity index (χ2v) is 5.04. The van der Waals surface area contributed by atoms with Crippen LogP contribution in [-0.2, 0) is 0 Å². The topological polar surface area (TPSA) is 24.9 Å². The summed E-state index contributed by atoms with van der Waals surface area (Å²) in [7, 11) is 0. The van der Waals surface area contributed by atoms with Crippen LogP contribution in [0, 0.1) is 3.57 Å². The van der Waals surface area contributed by atoms with Crippen LogP contribution in [0.25, 0.3) is 0 Å². The highest BCUT2D eigenvalue weighted by Gasteiger charge is 1.99. The molecule has 0 aliphatic rings. The minimum absolute atomic E-state index is 0.849. The first kappa shape index (κ1) is 10.9. The number of nitrogens with zero attached hydrogens (tertiary/aromatic N) is 1. The first-order chi connectivity index (χ1) is 7.25. The van der Waals surface area contributed by atoms with Gasteiger partial charge in [-0.15, -0.1) is 0 Å². The lowest BCUT2D eigenvalue weighted by Gasteiger charge is -2.06. The molecule has 0 spiro atoms.